The van der Waals surface area contributed by atoms with Gasteiger partial charge in [-0.1, -0.05) is 22.9 Å². The van der Waals surface area contributed by atoms with Crippen LogP contribution in [-0.4, -0.2) is 43.0 Å². The Balaban J connectivity index is 1.95. The first-order valence-electron chi connectivity index (χ1n) is 8.35. The molecule has 0 unspecified atom stereocenters. The first-order valence-corrected chi connectivity index (χ1v) is 9.54. The van der Waals surface area contributed by atoms with Crippen LogP contribution < -0.4 is 4.90 Å². The Labute approximate surface area is 169 Å². The minimum absolute atomic E-state index is 0.170. The molecule has 3 aromatic rings. The summed E-state index contributed by atoms with van der Waals surface area (Å²) in [7, 11) is 3.75. The molecule has 9 heteroatoms. The van der Waals surface area contributed by atoms with Gasteiger partial charge in [0.15, 0.2) is 5.13 Å². The van der Waals surface area contributed by atoms with Gasteiger partial charge in [-0.2, -0.15) is 13.2 Å². The van der Waals surface area contributed by atoms with E-state index in [1.807, 2.05) is 19.0 Å². The van der Waals surface area contributed by atoms with Crippen LogP contribution in [0.15, 0.2) is 42.5 Å². The normalized spacial score (nSPS) is 12.0. The van der Waals surface area contributed by atoms with Gasteiger partial charge >= 0.3 is 6.18 Å². The van der Waals surface area contributed by atoms with Crippen LogP contribution in [-0.2, 0) is 6.18 Å². The molecule has 0 N–H and O–H groups in total. The molecule has 0 aliphatic rings. The Kier molecular flexibility index (Phi) is 5.92. The molecule has 0 saturated heterocycles. The third-order valence-corrected chi connectivity index (χ3v) is 5.32. The van der Waals surface area contributed by atoms with Crippen molar-refractivity contribution in [2.24, 2.45) is 0 Å². The molecule has 4 nitrogen and oxygen atoms in total. The van der Waals surface area contributed by atoms with Gasteiger partial charge in [0, 0.05) is 23.7 Å². The molecule has 3 rings (SSSR count). The summed E-state index contributed by atoms with van der Waals surface area (Å²) in [5, 5.41) is 1.04. The molecular formula is C19H17ClF3N3OS. The minimum Gasteiger partial charge on any atom is -0.308 e. The maximum atomic E-state index is 13.0. The fourth-order valence-corrected chi connectivity index (χ4v) is 3.81. The Morgan fingerprint density at radius 1 is 1.11 bits per heavy atom. The van der Waals surface area contributed by atoms with Crippen LogP contribution in [0.25, 0.3) is 10.2 Å². The molecule has 1 heterocycles. The van der Waals surface area contributed by atoms with E-state index in [2.05, 4.69) is 4.98 Å². The van der Waals surface area contributed by atoms with Crippen molar-refractivity contribution < 1.29 is 18.0 Å². The van der Waals surface area contributed by atoms with Gasteiger partial charge in [-0.25, -0.2) is 4.98 Å². The lowest BCUT2D eigenvalue weighted by Gasteiger charge is -2.22. The number of aromatic nitrogens is 1. The predicted molar refractivity (Wildman–Crippen MR) is 106 cm³/mol. The minimum atomic E-state index is -4.45. The van der Waals surface area contributed by atoms with E-state index in [1.165, 1.54) is 28.4 Å². The van der Waals surface area contributed by atoms with E-state index >= 15 is 0 Å². The lowest BCUT2D eigenvalue weighted by atomic mass is 10.1. The third-order valence-electron chi connectivity index (χ3n) is 4.05. The van der Waals surface area contributed by atoms with E-state index in [9.17, 15) is 18.0 Å². The van der Waals surface area contributed by atoms with Gasteiger partial charge in [0.1, 0.15) is 0 Å². The lowest BCUT2D eigenvalue weighted by Crippen LogP contribution is -2.36. The van der Waals surface area contributed by atoms with Gasteiger partial charge in [-0.05, 0) is 56.6 Å². The third kappa shape index (κ3) is 4.63. The molecule has 0 aliphatic carbocycles. The molecule has 0 atom stereocenters. The number of fused-ring (bicyclic) bond motifs is 1. The highest BCUT2D eigenvalue weighted by atomic mass is 35.5. The SMILES string of the molecule is CN(C)CCN(C(=O)c1ccc(C(F)(F)F)cc1)c1nc2ccc(Cl)cc2s1. The molecule has 1 aromatic heterocycles. The maximum absolute atomic E-state index is 13.0. The number of halogens is 4. The lowest BCUT2D eigenvalue weighted by molar-refractivity contribution is -0.137. The summed E-state index contributed by atoms with van der Waals surface area (Å²) in [4.78, 5) is 20.9. The summed E-state index contributed by atoms with van der Waals surface area (Å²) >= 11 is 7.33. The predicted octanol–water partition coefficient (Wildman–Crippen LogP) is 5.18. The van der Waals surface area contributed by atoms with Crippen molar-refractivity contribution in [1.29, 1.82) is 0 Å². The molecule has 1 amide bonds. The number of alkyl halides is 3. The molecule has 0 saturated carbocycles. The summed E-state index contributed by atoms with van der Waals surface area (Å²) in [5.41, 5.74) is 0.0852. The molecule has 0 fully saturated rings. The number of hydrogen-bond acceptors (Lipinski definition) is 4. The van der Waals surface area contributed by atoms with Crippen LogP contribution >= 0.6 is 22.9 Å². The fraction of sp³-hybridized carbons (Fsp3) is 0.263. The fourth-order valence-electron chi connectivity index (χ4n) is 2.54. The highest BCUT2D eigenvalue weighted by Gasteiger charge is 2.30. The molecular weight excluding hydrogens is 411 g/mol. The number of carbonyl (C=O) groups excluding carboxylic acids is 1. The molecule has 0 spiro atoms. The summed E-state index contributed by atoms with van der Waals surface area (Å²) in [6.07, 6.45) is -4.45. The van der Waals surface area contributed by atoms with Gasteiger partial charge < -0.3 is 4.90 Å². The highest BCUT2D eigenvalue weighted by molar-refractivity contribution is 7.22. The Hall–Kier alpha value is -2.16. The zero-order valence-corrected chi connectivity index (χ0v) is 16.7. The second-order valence-corrected chi connectivity index (χ2v) is 7.89. The Morgan fingerprint density at radius 2 is 1.79 bits per heavy atom. The van der Waals surface area contributed by atoms with Gasteiger partial charge in [0.2, 0.25) is 0 Å². The number of anilines is 1. The largest absolute Gasteiger partial charge is 0.416 e. The van der Waals surface area contributed by atoms with Crippen molar-refractivity contribution in [2.75, 3.05) is 32.1 Å². The quantitative estimate of drug-likeness (QED) is 0.563. The number of rotatable bonds is 5. The summed E-state index contributed by atoms with van der Waals surface area (Å²) < 4.78 is 39.2. The Morgan fingerprint density at radius 3 is 2.39 bits per heavy atom. The Bertz CT molecular complexity index is 986. The van der Waals surface area contributed by atoms with Crippen LogP contribution in [0.1, 0.15) is 15.9 Å². The van der Waals surface area contributed by atoms with Crippen molar-refractivity contribution in [3.63, 3.8) is 0 Å². The van der Waals surface area contributed by atoms with Crippen LogP contribution in [0.5, 0.6) is 0 Å². The number of benzene rings is 2. The molecule has 0 radical (unpaired) electrons. The average molecular weight is 428 g/mol. The highest BCUT2D eigenvalue weighted by Crippen LogP contribution is 2.32. The van der Waals surface area contributed by atoms with Crippen molar-refractivity contribution in [3.05, 3.63) is 58.6 Å². The van der Waals surface area contributed by atoms with Gasteiger partial charge in [-0.3, -0.25) is 9.69 Å². The smallest absolute Gasteiger partial charge is 0.308 e. The van der Waals surface area contributed by atoms with E-state index in [0.717, 1.165) is 16.8 Å². The van der Waals surface area contributed by atoms with E-state index in [-0.39, 0.29) is 5.56 Å². The van der Waals surface area contributed by atoms with Crippen molar-refractivity contribution >= 4 is 44.2 Å². The first kappa shape index (κ1) is 20.6. The zero-order valence-electron chi connectivity index (χ0n) is 15.1. The second kappa shape index (κ2) is 8.06. The van der Waals surface area contributed by atoms with Gasteiger partial charge in [-0.15, -0.1) is 0 Å². The van der Waals surface area contributed by atoms with Crippen LogP contribution in [0.3, 0.4) is 0 Å². The number of amides is 1. The first-order chi connectivity index (χ1) is 13.1. The maximum Gasteiger partial charge on any atom is 0.416 e. The number of likely N-dealkylation sites (N-methyl/N-ethyl adjacent to an activating group) is 1. The second-order valence-electron chi connectivity index (χ2n) is 6.44. The monoisotopic (exact) mass is 427 g/mol. The molecule has 28 heavy (non-hydrogen) atoms. The van der Waals surface area contributed by atoms with E-state index in [0.29, 0.717) is 28.8 Å². The van der Waals surface area contributed by atoms with Crippen molar-refractivity contribution in [1.82, 2.24) is 9.88 Å². The van der Waals surface area contributed by atoms with Gasteiger partial charge in [0.05, 0.1) is 15.8 Å². The summed E-state index contributed by atoms with van der Waals surface area (Å²) in [6, 6.07) is 9.46. The van der Waals surface area contributed by atoms with E-state index in [4.69, 9.17) is 11.6 Å². The van der Waals surface area contributed by atoms with Crippen LogP contribution in [0, 0.1) is 0 Å². The van der Waals surface area contributed by atoms with Crippen molar-refractivity contribution in [2.45, 2.75) is 6.18 Å². The molecule has 148 valence electrons. The molecule has 0 aliphatic heterocycles. The van der Waals surface area contributed by atoms with Crippen LogP contribution in [0.4, 0.5) is 18.3 Å². The van der Waals surface area contributed by atoms with Gasteiger partial charge in [0.25, 0.3) is 5.91 Å². The summed E-state index contributed by atoms with van der Waals surface area (Å²) in [5.74, 6) is -0.402. The zero-order chi connectivity index (χ0) is 20.5. The number of thiazole rings is 1. The topological polar surface area (TPSA) is 36.4 Å². The van der Waals surface area contributed by atoms with Crippen LogP contribution in [0.2, 0.25) is 5.02 Å². The van der Waals surface area contributed by atoms with Crippen molar-refractivity contribution in [3.8, 4) is 0 Å². The standard InChI is InChI=1S/C19H17ClF3N3OS/c1-25(2)9-10-26(18-24-15-8-7-14(20)11-16(15)28-18)17(27)12-3-5-13(6-4-12)19(21,22)23/h3-8,11H,9-10H2,1-2H3. The van der Waals surface area contributed by atoms with E-state index < -0.39 is 17.6 Å². The molecule has 0 bridgehead atoms. The average Bonchev–Trinajstić information content (AvgIpc) is 3.03. The number of nitrogens with zero attached hydrogens (tertiary/aromatic N) is 3. The molecule has 2 aromatic carbocycles. The summed E-state index contributed by atoms with van der Waals surface area (Å²) in [6.45, 7) is 0.920. The van der Waals surface area contributed by atoms with E-state index in [1.54, 1.807) is 18.2 Å². The number of hydrogen-bond donors (Lipinski definition) is 0. The number of carbonyl (C=O) groups is 1.